The SMILES string of the molecule is Cc1nn(C)c(C)c1C(N)c1c(Br)cnn1C(C)C. The molecule has 2 aromatic rings. The van der Waals surface area contributed by atoms with Crippen LogP contribution in [0.25, 0.3) is 0 Å². The Morgan fingerprint density at radius 2 is 1.95 bits per heavy atom. The topological polar surface area (TPSA) is 61.7 Å². The molecule has 2 rings (SSSR count). The van der Waals surface area contributed by atoms with E-state index in [4.69, 9.17) is 5.73 Å². The molecule has 5 nitrogen and oxygen atoms in total. The zero-order chi connectivity index (χ0) is 14.3. The van der Waals surface area contributed by atoms with Gasteiger partial charge in [0.2, 0.25) is 0 Å². The van der Waals surface area contributed by atoms with Gasteiger partial charge in [-0.15, -0.1) is 0 Å². The fourth-order valence-electron chi connectivity index (χ4n) is 2.43. The predicted octanol–water partition coefficient (Wildman–Crippen LogP) is 2.62. The van der Waals surface area contributed by atoms with Crippen LogP contribution in [0, 0.1) is 13.8 Å². The van der Waals surface area contributed by atoms with Gasteiger partial charge in [0.25, 0.3) is 0 Å². The van der Waals surface area contributed by atoms with E-state index in [-0.39, 0.29) is 12.1 Å². The highest BCUT2D eigenvalue weighted by molar-refractivity contribution is 9.10. The van der Waals surface area contributed by atoms with Crippen molar-refractivity contribution < 1.29 is 0 Å². The lowest BCUT2D eigenvalue weighted by atomic mass is 10.0. The van der Waals surface area contributed by atoms with E-state index < -0.39 is 0 Å². The first kappa shape index (κ1) is 14.3. The first-order chi connectivity index (χ1) is 8.84. The summed E-state index contributed by atoms with van der Waals surface area (Å²) in [5, 5.41) is 8.83. The molecule has 0 fully saturated rings. The van der Waals surface area contributed by atoms with Crippen molar-refractivity contribution in [2.75, 3.05) is 0 Å². The zero-order valence-electron chi connectivity index (χ0n) is 12.0. The van der Waals surface area contributed by atoms with Crippen molar-refractivity contribution in [1.82, 2.24) is 19.6 Å². The van der Waals surface area contributed by atoms with Gasteiger partial charge in [-0.2, -0.15) is 10.2 Å². The summed E-state index contributed by atoms with van der Waals surface area (Å²) in [4.78, 5) is 0. The van der Waals surface area contributed by atoms with Crippen LogP contribution in [0.4, 0.5) is 0 Å². The van der Waals surface area contributed by atoms with Crippen LogP contribution in [0.2, 0.25) is 0 Å². The van der Waals surface area contributed by atoms with Crippen molar-refractivity contribution in [3.63, 3.8) is 0 Å². The Hall–Kier alpha value is -1.14. The molecule has 6 heteroatoms. The second-order valence-electron chi connectivity index (χ2n) is 5.10. The molecule has 0 aliphatic carbocycles. The van der Waals surface area contributed by atoms with E-state index in [1.807, 2.05) is 30.3 Å². The number of aryl methyl sites for hydroxylation is 2. The summed E-state index contributed by atoms with van der Waals surface area (Å²) >= 11 is 3.55. The van der Waals surface area contributed by atoms with Crippen molar-refractivity contribution in [3.8, 4) is 0 Å². The van der Waals surface area contributed by atoms with Crippen molar-refractivity contribution in [3.05, 3.63) is 33.3 Å². The zero-order valence-corrected chi connectivity index (χ0v) is 13.6. The summed E-state index contributed by atoms with van der Waals surface area (Å²) < 4.78 is 4.77. The summed E-state index contributed by atoms with van der Waals surface area (Å²) in [5.41, 5.74) is 10.6. The molecule has 0 saturated carbocycles. The minimum absolute atomic E-state index is 0.229. The van der Waals surface area contributed by atoms with Gasteiger partial charge in [-0.3, -0.25) is 9.36 Å². The van der Waals surface area contributed by atoms with Crippen LogP contribution < -0.4 is 5.73 Å². The molecule has 0 amide bonds. The molecule has 2 aromatic heterocycles. The molecule has 0 aliphatic heterocycles. The molecule has 1 unspecified atom stereocenters. The Labute approximate surface area is 121 Å². The van der Waals surface area contributed by atoms with Crippen molar-refractivity contribution in [2.24, 2.45) is 12.8 Å². The maximum Gasteiger partial charge on any atom is 0.0771 e. The summed E-state index contributed by atoms with van der Waals surface area (Å²) in [5.74, 6) is 0. The van der Waals surface area contributed by atoms with Gasteiger partial charge in [0.05, 0.1) is 28.1 Å². The molecule has 0 spiro atoms. The van der Waals surface area contributed by atoms with Crippen LogP contribution in [0.1, 0.15) is 48.6 Å². The van der Waals surface area contributed by atoms with E-state index >= 15 is 0 Å². The van der Waals surface area contributed by atoms with E-state index in [1.165, 1.54) is 0 Å². The van der Waals surface area contributed by atoms with Crippen LogP contribution in [-0.4, -0.2) is 19.6 Å². The molecule has 104 valence electrons. The second kappa shape index (κ2) is 5.09. The van der Waals surface area contributed by atoms with Crippen molar-refractivity contribution >= 4 is 15.9 Å². The number of aromatic nitrogens is 4. The van der Waals surface area contributed by atoms with Gasteiger partial charge in [0.15, 0.2) is 0 Å². The van der Waals surface area contributed by atoms with Crippen molar-refractivity contribution in [2.45, 2.75) is 39.8 Å². The van der Waals surface area contributed by atoms with Gasteiger partial charge < -0.3 is 5.73 Å². The predicted molar refractivity (Wildman–Crippen MR) is 79.0 cm³/mol. The molecule has 1 atom stereocenters. The van der Waals surface area contributed by atoms with E-state index in [0.29, 0.717) is 0 Å². The molecule has 2 N–H and O–H groups in total. The number of nitrogens with zero attached hydrogens (tertiary/aromatic N) is 4. The number of rotatable bonds is 3. The Kier molecular flexibility index (Phi) is 3.82. The van der Waals surface area contributed by atoms with Crippen molar-refractivity contribution in [1.29, 1.82) is 0 Å². The number of hydrogen-bond acceptors (Lipinski definition) is 3. The third kappa shape index (κ3) is 2.34. The van der Waals surface area contributed by atoms with Crippen LogP contribution in [0.15, 0.2) is 10.7 Å². The molecular weight excluding hydrogens is 306 g/mol. The first-order valence-corrected chi connectivity index (χ1v) is 7.12. The largest absolute Gasteiger partial charge is 0.319 e. The maximum atomic E-state index is 6.47. The van der Waals surface area contributed by atoms with Gasteiger partial charge in [0, 0.05) is 24.3 Å². The monoisotopic (exact) mass is 325 g/mol. The van der Waals surface area contributed by atoms with Gasteiger partial charge in [-0.25, -0.2) is 0 Å². The highest BCUT2D eigenvalue weighted by Gasteiger charge is 2.24. The van der Waals surface area contributed by atoms with E-state index in [2.05, 4.69) is 40.0 Å². The second-order valence-corrected chi connectivity index (χ2v) is 5.96. The fourth-order valence-corrected chi connectivity index (χ4v) is 2.95. The normalized spacial score (nSPS) is 13.3. The average Bonchev–Trinajstić information content (AvgIpc) is 2.81. The molecule has 0 radical (unpaired) electrons. The molecule has 0 aromatic carbocycles. The molecule has 0 bridgehead atoms. The summed E-state index contributed by atoms with van der Waals surface area (Å²) in [6.45, 7) is 8.22. The third-order valence-corrected chi connectivity index (χ3v) is 4.06. The maximum absolute atomic E-state index is 6.47. The Balaban J connectivity index is 2.56. The van der Waals surface area contributed by atoms with Crippen LogP contribution in [0.5, 0.6) is 0 Å². The quantitative estimate of drug-likeness (QED) is 0.943. The van der Waals surface area contributed by atoms with E-state index in [9.17, 15) is 0 Å². The fraction of sp³-hybridized carbons (Fsp3) is 0.538. The van der Waals surface area contributed by atoms with E-state index in [1.54, 1.807) is 6.20 Å². The van der Waals surface area contributed by atoms with E-state index in [0.717, 1.165) is 27.1 Å². The number of nitrogens with two attached hydrogens (primary N) is 1. The van der Waals surface area contributed by atoms with Crippen LogP contribution >= 0.6 is 15.9 Å². The minimum atomic E-state index is -0.229. The summed E-state index contributed by atoms with van der Waals surface area (Å²) in [7, 11) is 1.94. The third-order valence-electron chi connectivity index (χ3n) is 3.45. The molecular formula is C13H20BrN5. The first-order valence-electron chi connectivity index (χ1n) is 6.33. The smallest absolute Gasteiger partial charge is 0.0771 e. The summed E-state index contributed by atoms with van der Waals surface area (Å²) in [6.07, 6.45) is 1.80. The molecule has 0 aliphatic rings. The van der Waals surface area contributed by atoms with Crippen LogP contribution in [0.3, 0.4) is 0 Å². The van der Waals surface area contributed by atoms with Gasteiger partial charge >= 0.3 is 0 Å². The van der Waals surface area contributed by atoms with Gasteiger partial charge in [-0.05, 0) is 43.6 Å². The Morgan fingerprint density at radius 1 is 1.32 bits per heavy atom. The van der Waals surface area contributed by atoms with Gasteiger partial charge in [-0.1, -0.05) is 0 Å². The lowest BCUT2D eigenvalue weighted by Gasteiger charge is -2.18. The Morgan fingerprint density at radius 3 is 2.42 bits per heavy atom. The molecule has 0 saturated heterocycles. The Bertz CT molecular complexity index is 596. The lowest BCUT2D eigenvalue weighted by Crippen LogP contribution is -2.20. The highest BCUT2D eigenvalue weighted by Crippen LogP contribution is 2.31. The molecule has 2 heterocycles. The number of halogens is 1. The average molecular weight is 326 g/mol. The van der Waals surface area contributed by atoms with Crippen LogP contribution in [-0.2, 0) is 7.05 Å². The summed E-state index contributed by atoms with van der Waals surface area (Å²) in [6, 6.07) is 0.0395. The minimum Gasteiger partial charge on any atom is -0.319 e. The lowest BCUT2D eigenvalue weighted by molar-refractivity contribution is 0.498. The number of hydrogen-bond donors (Lipinski definition) is 1. The highest BCUT2D eigenvalue weighted by atomic mass is 79.9. The van der Waals surface area contributed by atoms with Gasteiger partial charge in [0.1, 0.15) is 0 Å². The standard InChI is InChI=1S/C13H20BrN5/c1-7(2)19-13(10(14)6-16-19)12(15)11-8(3)17-18(5)9(11)4/h6-7,12H,15H2,1-5H3. The molecule has 19 heavy (non-hydrogen) atoms.